The maximum atomic E-state index is 12.4. The number of aliphatic carboxylic acids is 2. The minimum Gasteiger partial charge on any atom is -0.480 e. The Morgan fingerprint density at radius 1 is 0.581 bits per heavy atom. The minimum absolute atomic E-state index is 0.0312. The van der Waals surface area contributed by atoms with E-state index in [1.54, 1.807) is 0 Å². The summed E-state index contributed by atoms with van der Waals surface area (Å²) in [5.74, 6) is -5.42. The number of sulfonamides is 1. The van der Waals surface area contributed by atoms with Crippen molar-refractivity contribution in [2.45, 2.75) is 160 Å². The van der Waals surface area contributed by atoms with Crippen LogP contribution in [0.2, 0.25) is 0 Å². The number of carbonyl (C=O) groups excluding carboxylic acids is 5. The highest BCUT2D eigenvalue weighted by Gasteiger charge is 2.24. The van der Waals surface area contributed by atoms with E-state index in [-0.39, 0.29) is 84.3 Å². The smallest absolute Gasteiger partial charge is 0.326 e. The number of hydrogen-bond donors (Lipinski definition) is 9. The molecule has 5 amide bonds. The number of nitrogens with one attached hydrogen (secondary N) is 6. The first-order chi connectivity index (χ1) is 29.7. The van der Waals surface area contributed by atoms with Gasteiger partial charge < -0.3 is 41.3 Å². The number of tetrazole rings is 1. The molecule has 0 spiro atoms. The van der Waals surface area contributed by atoms with Crippen LogP contribution in [0.15, 0.2) is 0 Å². The molecule has 1 aromatic rings. The molecule has 0 saturated heterocycles. The van der Waals surface area contributed by atoms with E-state index in [0.717, 1.165) is 44.3 Å². The number of aromatic amines is 1. The lowest BCUT2D eigenvalue weighted by Gasteiger charge is -2.17. The van der Waals surface area contributed by atoms with Crippen LogP contribution >= 0.6 is 0 Å². The van der Waals surface area contributed by atoms with E-state index >= 15 is 0 Å². The van der Waals surface area contributed by atoms with Crippen LogP contribution in [0, 0.1) is 0 Å². The monoisotopic (exact) mass is 903 g/mol. The van der Waals surface area contributed by atoms with E-state index < -0.39 is 75.8 Å². The van der Waals surface area contributed by atoms with Gasteiger partial charge in [0.1, 0.15) is 12.1 Å². The number of carboxylic acid groups (broad SMARTS) is 2. The Hall–Kier alpha value is -4.77. The van der Waals surface area contributed by atoms with Gasteiger partial charge in [-0.1, -0.05) is 75.8 Å². The highest BCUT2D eigenvalue weighted by atomic mass is 32.2. The van der Waals surface area contributed by atoms with Crippen molar-refractivity contribution in [1.82, 2.24) is 46.6 Å². The van der Waals surface area contributed by atoms with Crippen molar-refractivity contribution in [3.63, 3.8) is 0 Å². The highest BCUT2D eigenvalue weighted by Crippen LogP contribution is 2.14. The first kappa shape index (κ1) is 55.2. The summed E-state index contributed by atoms with van der Waals surface area (Å²) in [6.07, 6.45) is 13.8. The Balaban J connectivity index is 2.11. The number of aryl methyl sites for hydroxylation is 1. The molecule has 22 nitrogen and oxygen atoms in total. The van der Waals surface area contributed by atoms with Gasteiger partial charge in [-0.25, -0.2) is 18.0 Å². The number of carboxylic acids is 2. The third-order valence-corrected chi connectivity index (χ3v) is 10.9. The van der Waals surface area contributed by atoms with E-state index in [0.29, 0.717) is 6.42 Å². The second-order valence-electron chi connectivity index (χ2n) is 15.0. The van der Waals surface area contributed by atoms with Gasteiger partial charge in [0.05, 0.1) is 25.6 Å². The number of hydrogen-bond acceptors (Lipinski definition) is 14. The molecule has 62 heavy (non-hydrogen) atoms. The van der Waals surface area contributed by atoms with Crippen molar-refractivity contribution in [3.05, 3.63) is 5.82 Å². The molecule has 23 heteroatoms. The largest absolute Gasteiger partial charge is 0.480 e. The second-order valence-corrected chi connectivity index (χ2v) is 16.8. The summed E-state index contributed by atoms with van der Waals surface area (Å²) in [4.78, 5) is 84.3. The number of carbonyl (C=O) groups is 7. The molecule has 0 aliphatic carbocycles. The van der Waals surface area contributed by atoms with E-state index in [1.807, 2.05) is 0 Å². The molecule has 1 aromatic heterocycles. The van der Waals surface area contributed by atoms with Gasteiger partial charge in [0.15, 0.2) is 5.82 Å². The van der Waals surface area contributed by atoms with Crippen molar-refractivity contribution < 1.29 is 62.0 Å². The molecular formula is C39H69N9O13S. The molecule has 0 fully saturated rings. The number of rotatable bonds is 40. The summed E-state index contributed by atoms with van der Waals surface area (Å²) in [5.41, 5.74) is 0. The first-order valence-electron chi connectivity index (χ1n) is 21.7. The van der Waals surface area contributed by atoms with E-state index in [9.17, 15) is 52.2 Å². The Morgan fingerprint density at radius 2 is 1.06 bits per heavy atom. The summed E-state index contributed by atoms with van der Waals surface area (Å²) in [6, 6.07) is -2.86. The van der Waals surface area contributed by atoms with Crippen molar-refractivity contribution in [1.29, 1.82) is 0 Å². The van der Waals surface area contributed by atoms with Crippen LogP contribution in [0.4, 0.5) is 0 Å². The third-order valence-electron chi connectivity index (χ3n) is 9.57. The summed E-state index contributed by atoms with van der Waals surface area (Å²) in [5, 5.41) is 51.1. The Labute approximate surface area is 363 Å². The van der Waals surface area contributed by atoms with Crippen molar-refractivity contribution in [2.75, 3.05) is 38.7 Å². The molecule has 354 valence electrons. The summed E-state index contributed by atoms with van der Waals surface area (Å²) in [7, 11) is -3.91. The lowest BCUT2D eigenvalue weighted by molar-refractivity contribution is -0.143. The zero-order valence-corrected chi connectivity index (χ0v) is 36.7. The summed E-state index contributed by atoms with van der Waals surface area (Å²) < 4.78 is 31.7. The van der Waals surface area contributed by atoms with Crippen LogP contribution in [-0.4, -0.2) is 137 Å². The van der Waals surface area contributed by atoms with Crippen LogP contribution in [0.5, 0.6) is 0 Å². The number of aliphatic hydroxyl groups excluding tert-OH is 1. The number of aromatic nitrogens is 4. The lowest BCUT2D eigenvalue weighted by atomic mass is 10.0. The van der Waals surface area contributed by atoms with Gasteiger partial charge in [0, 0.05) is 51.6 Å². The predicted molar refractivity (Wildman–Crippen MR) is 224 cm³/mol. The third kappa shape index (κ3) is 31.1. The van der Waals surface area contributed by atoms with Crippen LogP contribution in [0.25, 0.3) is 0 Å². The summed E-state index contributed by atoms with van der Waals surface area (Å²) >= 11 is 0. The molecule has 1 heterocycles. The summed E-state index contributed by atoms with van der Waals surface area (Å²) in [6.45, 7) is 0.286. The topological polar surface area (TPSA) is 338 Å². The fraction of sp³-hybridized carbons (Fsp3) is 0.795. The number of nitrogens with zero attached hydrogens (tertiary/aromatic N) is 3. The van der Waals surface area contributed by atoms with E-state index in [2.05, 4.69) is 46.6 Å². The van der Waals surface area contributed by atoms with E-state index in [4.69, 9.17) is 9.84 Å². The zero-order chi connectivity index (χ0) is 45.9. The normalized spacial score (nSPS) is 12.2. The Morgan fingerprint density at radius 3 is 1.61 bits per heavy atom. The van der Waals surface area contributed by atoms with Gasteiger partial charge >= 0.3 is 11.9 Å². The van der Waals surface area contributed by atoms with Crippen LogP contribution in [0.1, 0.15) is 147 Å². The standard InChI is InChI=1S/C39H69N9O13S/c49-26-28-61-27-25-41-34(51)22-20-30(38(55)56)43-36(53)23-21-31(39(57)58)42-35(52)18-14-24-40-33(50)19-15-29-62(59,60)46-37(54)17-13-11-9-7-5-3-1-2-4-6-8-10-12-16-32-44-47-48-45-32/h30-31,49H,1-29H2,(H,40,50)(H,41,51)(H,42,52)(H,43,53)(H,46,54)(H,55,56)(H,57,58)(H,44,45,47,48). The molecule has 0 radical (unpaired) electrons. The van der Waals surface area contributed by atoms with Crippen molar-refractivity contribution >= 4 is 51.5 Å². The molecular weight excluding hydrogens is 835 g/mol. The van der Waals surface area contributed by atoms with Crippen LogP contribution in [0.3, 0.4) is 0 Å². The van der Waals surface area contributed by atoms with Gasteiger partial charge in [0.25, 0.3) is 0 Å². The molecule has 2 atom stereocenters. The van der Waals surface area contributed by atoms with Crippen LogP contribution < -0.4 is 26.0 Å². The molecule has 0 aromatic carbocycles. The SMILES string of the molecule is O=C(CCCS(=O)(=O)NC(=O)CCCCCCCCCCCCCCCc1nn[nH]n1)NCCCC(=O)NC(CCC(=O)NC(CCC(=O)NCCOCCO)C(=O)O)C(=O)O. The number of amides is 5. The highest BCUT2D eigenvalue weighted by molar-refractivity contribution is 7.90. The molecule has 0 aliphatic heterocycles. The molecule has 0 aliphatic rings. The quantitative estimate of drug-likeness (QED) is 0.0417. The number of ether oxygens (including phenoxy) is 1. The average molecular weight is 904 g/mol. The molecule has 0 saturated carbocycles. The lowest BCUT2D eigenvalue weighted by Crippen LogP contribution is -2.44. The average Bonchev–Trinajstić information content (AvgIpc) is 3.74. The van der Waals surface area contributed by atoms with Gasteiger partial charge in [0.2, 0.25) is 39.6 Å². The number of H-pyrrole nitrogens is 1. The van der Waals surface area contributed by atoms with Crippen LogP contribution in [-0.2, 0) is 54.7 Å². The maximum Gasteiger partial charge on any atom is 0.326 e. The minimum atomic E-state index is -3.91. The van der Waals surface area contributed by atoms with Gasteiger partial charge in [-0.3, -0.25) is 28.7 Å². The fourth-order valence-corrected chi connectivity index (χ4v) is 7.26. The van der Waals surface area contributed by atoms with Crippen molar-refractivity contribution in [2.24, 2.45) is 0 Å². The van der Waals surface area contributed by atoms with Gasteiger partial charge in [-0.05, 0) is 38.5 Å². The molecule has 1 rings (SSSR count). The first-order valence-corrected chi connectivity index (χ1v) is 23.4. The number of aliphatic hydroxyl groups is 1. The van der Waals surface area contributed by atoms with Gasteiger partial charge in [-0.15, -0.1) is 10.2 Å². The second kappa shape index (κ2) is 34.8. The Bertz CT molecular complexity index is 1570. The van der Waals surface area contributed by atoms with Crippen molar-refractivity contribution in [3.8, 4) is 0 Å². The molecule has 9 N–H and O–H groups in total. The molecule has 2 unspecified atom stereocenters. The molecule has 0 bridgehead atoms. The zero-order valence-electron chi connectivity index (χ0n) is 35.8. The fourth-order valence-electron chi connectivity index (χ4n) is 6.18. The van der Waals surface area contributed by atoms with Gasteiger partial charge in [-0.2, -0.15) is 5.21 Å². The van der Waals surface area contributed by atoms with E-state index in [1.165, 1.54) is 44.9 Å². The Kier molecular flexibility index (Phi) is 31.0. The maximum absolute atomic E-state index is 12.4. The predicted octanol–water partition coefficient (Wildman–Crippen LogP) is 1.15. The number of unbranched alkanes of at least 4 members (excludes halogenated alkanes) is 12.